The smallest absolute Gasteiger partial charge is 0.0466 e. The third-order valence-electron chi connectivity index (χ3n) is 3.11. The average Bonchev–Trinajstić information content (AvgIpc) is 2.35. The van der Waals surface area contributed by atoms with Crippen molar-refractivity contribution in [1.29, 1.82) is 0 Å². The minimum atomic E-state index is 0.967. The van der Waals surface area contributed by atoms with Gasteiger partial charge in [0.2, 0.25) is 0 Å². The molecule has 0 radical (unpaired) electrons. The summed E-state index contributed by atoms with van der Waals surface area (Å²) in [4.78, 5) is 0. The first kappa shape index (κ1) is 16.9. The molecule has 0 amide bonds. The summed E-state index contributed by atoms with van der Waals surface area (Å²) in [5.74, 6) is 0. The lowest BCUT2D eigenvalue weighted by Gasteiger charge is -2.04. The third-order valence-corrected chi connectivity index (χ3v) is 3.11. The van der Waals surface area contributed by atoms with Gasteiger partial charge in [0.05, 0.1) is 0 Å². The van der Waals surface area contributed by atoms with Crippen LogP contribution < -0.4 is 5.32 Å². The quantitative estimate of drug-likeness (QED) is 0.463. The molecule has 0 aromatic rings. The number of hydrogen-bond acceptors (Lipinski definition) is 2. The highest BCUT2D eigenvalue weighted by molar-refractivity contribution is 4.46. The summed E-state index contributed by atoms with van der Waals surface area (Å²) in [6.07, 6.45) is 13.3. The van der Waals surface area contributed by atoms with Gasteiger partial charge in [0, 0.05) is 13.2 Å². The van der Waals surface area contributed by atoms with Gasteiger partial charge in [-0.3, -0.25) is 0 Å². The van der Waals surface area contributed by atoms with E-state index in [1.54, 1.807) is 0 Å². The topological polar surface area (TPSA) is 21.3 Å². The van der Waals surface area contributed by atoms with E-state index in [1.807, 2.05) is 7.05 Å². The lowest BCUT2D eigenvalue weighted by molar-refractivity contribution is 0.125. The first-order valence-electron chi connectivity index (χ1n) is 7.64. The predicted octanol–water partition coefficient (Wildman–Crippen LogP) is 4.14. The van der Waals surface area contributed by atoms with Crippen molar-refractivity contribution in [3.8, 4) is 0 Å². The van der Waals surface area contributed by atoms with Crippen LogP contribution in [0, 0.1) is 0 Å². The third kappa shape index (κ3) is 15.9. The standard InChI is InChI=1S/C15H33NO/c1-3-4-5-6-8-11-14-17-15-12-9-7-10-13-16-2/h16H,3-15H2,1-2H3. The van der Waals surface area contributed by atoms with E-state index in [1.165, 1.54) is 64.2 Å². The Morgan fingerprint density at radius 2 is 1.24 bits per heavy atom. The monoisotopic (exact) mass is 243 g/mol. The molecular weight excluding hydrogens is 210 g/mol. The average molecular weight is 243 g/mol. The van der Waals surface area contributed by atoms with Crippen LogP contribution in [0.4, 0.5) is 0 Å². The van der Waals surface area contributed by atoms with Crippen molar-refractivity contribution < 1.29 is 4.74 Å². The van der Waals surface area contributed by atoms with E-state index in [-0.39, 0.29) is 0 Å². The van der Waals surface area contributed by atoms with Crippen LogP contribution in [0.15, 0.2) is 0 Å². The molecule has 17 heavy (non-hydrogen) atoms. The number of rotatable bonds is 14. The first-order valence-corrected chi connectivity index (χ1v) is 7.64. The van der Waals surface area contributed by atoms with Gasteiger partial charge in [0.25, 0.3) is 0 Å². The molecule has 1 N–H and O–H groups in total. The van der Waals surface area contributed by atoms with Crippen LogP contribution in [0.5, 0.6) is 0 Å². The molecule has 0 unspecified atom stereocenters. The van der Waals surface area contributed by atoms with E-state index >= 15 is 0 Å². The Bertz CT molecular complexity index is 114. The molecule has 2 heteroatoms. The van der Waals surface area contributed by atoms with Crippen LogP contribution in [0.2, 0.25) is 0 Å². The molecule has 0 aromatic heterocycles. The Morgan fingerprint density at radius 3 is 1.82 bits per heavy atom. The number of ether oxygens (including phenoxy) is 1. The van der Waals surface area contributed by atoms with Gasteiger partial charge in [-0.2, -0.15) is 0 Å². The Balaban J connectivity index is 2.85. The fourth-order valence-electron chi connectivity index (χ4n) is 1.95. The van der Waals surface area contributed by atoms with Gasteiger partial charge in [0.1, 0.15) is 0 Å². The maximum absolute atomic E-state index is 5.63. The molecule has 0 spiro atoms. The lowest BCUT2D eigenvalue weighted by atomic mass is 10.1. The van der Waals surface area contributed by atoms with Crippen LogP contribution in [0.1, 0.15) is 71.1 Å². The summed E-state index contributed by atoms with van der Waals surface area (Å²) in [7, 11) is 2.02. The number of hydrogen-bond donors (Lipinski definition) is 1. The van der Waals surface area contributed by atoms with Crippen LogP contribution in [-0.2, 0) is 4.74 Å². The molecule has 0 aliphatic heterocycles. The maximum atomic E-state index is 5.63. The van der Waals surface area contributed by atoms with Crippen LogP contribution in [0.25, 0.3) is 0 Å². The second-order valence-corrected chi connectivity index (χ2v) is 4.90. The fraction of sp³-hybridized carbons (Fsp3) is 1.00. The Kier molecular flexibility index (Phi) is 15.8. The lowest BCUT2D eigenvalue weighted by Crippen LogP contribution is -2.07. The van der Waals surface area contributed by atoms with E-state index in [0.29, 0.717) is 0 Å². The SMILES string of the molecule is CCCCCCCCOCCCCCCNC. The summed E-state index contributed by atoms with van der Waals surface area (Å²) in [6, 6.07) is 0. The highest BCUT2D eigenvalue weighted by atomic mass is 16.5. The highest BCUT2D eigenvalue weighted by Gasteiger charge is 1.92. The summed E-state index contributed by atoms with van der Waals surface area (Å²) < 4.78 is 5.63. The number of unbranched alkanes of at least 4 members (excludes halogenated alkanes) is 8. The van der Waals surface area contributed by atoms with E-state index in [4.69, 9.17) is 4.74 Å². The molecule has 0 aromatic carbocycles. The van der Waals surface area contributed by atoms with Gasteiger partial charge in [0.15, 0.2) is 0 Å². The normalized spacial score (nSPS) is 10.9. The number of nitrogens with one attached hydrogen (secondary N) is 1. The molecular formula is C15H33NO. The predicted molar refractivity (Wildman–Crippen MR) is 76.6 cm³/mol. The van der Waals surface area contributed by atoms with Gasteiger partial charge in [-0.15, -0.1) is 0 Å². The minimum absolute atomic E-state index is 0.967. The van der Waals surface area contributed by atoms with Crippen LogP contribution in [0.3, 0.4) is 0 Å². The van der Waals surface area contributed by atoms with Gasteiger partial charge in [-0.05, 0) is 32.9 Å². The van der Waals surface area contributed by atoms with Crippen molar-refractivity contribution in [1.82, 2.24) is 5.32 Å². The maximum Gasteiger partial charge on any atom is 0.0466 e. The first-order chi connectivity index (χ1) is 8.41. The Hall–Kier alpha value is -0.0800. The van der Waals surface area contributed by atoms with Crippen molar-refractivity contribution in [2.24, 2.45) is 0 Å². The van der Waals surface area contributed by atoms with Crippen molar-refractivity contribution in [2.75, 3.05) is 26.8 Å². The summed E-state index contributed by atoms with van der Waals surface area (Å²) >= 11 is 0. The van der Waals surface area contributed by atoms with E-state index in [9.17, 15) is 0 Å². The largest absolute Gasteiger partial charge is 0.381 e. The minimum Gasteiger partial charge on any atom is -0.381 e. The fourth-order valence-corrected chi connectivity index (χ4v) is 1.95. The molecule has 0 saturated carbocycles. The van der Waals surface area contributed by atoms with Gasteiger partial charge in [-0.25, -0.2) is 0 Å². The second-order valence-electron chi connectivity index (χ2n) is 4.90. The zero-order chi connectivity index (χ0) is 12.6. The Labute approximate surface area is 109 Å². The second kappa shape index (κ2) is 15.9. The summed E-state index contributed by atoms with van der Waals surface area (Å²) in [6.45, 7) is 5.36. The van der Waals surface area contributed by atoms with Crippen molar-refractivity contribution >= 4 is 0 Å². The van der Waals surface area contributed by atoms with Gasteiger partial charge in [-0.1, -0.05) is 51.9 Å². The molecule has 0 aliphatic rings. The van der Waals surface area contributed by atoms with E-state index in [2.05, 4.69) is 12.2 Å². The zero-order valence-corrected chi connectivity index (χ0v) is 12.1. The summed E-state index contributed by atoms with van der Waals surface area (Å²) in [5.41, 5.74) is 0. The highest BCUT2D eigenvalue weighted by Crippen LogP contribution is 2.05. The van der Waals surface area contributed by atoms with Crippen LogP contribution in [-0.4, -0.2) is 26.8 Å². The molecule has 0 rings (SSSR count). The molecule has 2 nitrogen and oxygen atoms in total. The molecule has 0 fully saturated rings. The van der Waals surface area contributed by atoms with Gasteiger partial charge >= 0.3 is 0 Å². The molecule has 104 valence electrons. The van der Waals surface area contributed by atoms with Gasteiger partial charge < -0.3 is 10.1 Å². The Morgan fingerprint density at radius 1 is 0.706 bits per heavy atom. The van der Waals surface area contributed by atoms with Crippen molar-refractivity contribution in [3.63, 3.8) is 0 Å². The van der Waals surface area contributed by atoms with Crippen LogP contribution >= 0.6 is 0 Å². The molecule has 0 bridgehead atoms. The van der Waals surface area contributed by atoms with E-state index < -0.39 is 0 Å². The van der Waals surface area contributed by atoms with E-state index in [0.717, 1.165) is 19.8 Å². The molecule has 0 atom stereocenters. The molecule has 0 saturated heterocycles. The summed E-state index contributed by atoms with van der Waals surface area (Å²) in [5, 5.41) is 3.18. The zero-order valence-electron chi connectivity index (χ0n) is 12.1. The van der Waals surface area contributed by atoms with Crippen molar-refractivity contribution in [3.05, 3.63) is 0 Å². The van der Waals surface area contributed by atoms with Crippen molar-refractivity contribution in [2.45, 2.75) is 71.1 Å². The molecule has 0 aliphatic carbocycles. The molecule has 0 heterocycles.